The summed E-state index contributed by atoms with van der Waals surface area (Å²) >= 11 is 6.06. The highest BCUT2D eigenvalue weighted by atomic mass is 35.5. The number of nitrogens with zero attached hydrogens (tertiary/aromatic N) is 1. The van der Waals surface area contributed by atoms with E-state index in [2.05, 4.69) is 4.72 Å². The Kier molecular flexibility index (Phi) is 5.59. The SMILES string of the molecule is Cc1ccc(C(=O)[O-])cc1S(=O)(=O)Nc1cc(Cl)ccc1N1CCOCC1. The van der Waals surface area contributed by atoms with Crippen LogP contribution in [0.2, 0.25) is 5.02 Å². The van der Waals surface area contributed by atoms with E-state index in [-0.39, 0.29) is 10.5 Å². The zero-order valence-electron chi connectivity index (χ0n) is 14.6. The minimum absolute atomic E-state index is 0.128. The predicted octanol–water partition coefficient (Wildman–Crippen LogP) is 1.65. The topological polar surface area (TPSA) is 98.8 Å². The maximum atomic E-state index is 12.9. The van der Waals surface area contributed by atoms with Gasteiger partial charge < -0.3 is 19.5 Å². The van der Waals surface area contributed by atoms with Gasteiger partial charge in [-0.3, -0.25) is 4.72 Å². The molecule has 0 atom stereocenters. The molecule has 1 heterocycles. The van der Waals surface area contributed by atoms with Crippen molar-refractivity contribution in [2.24, 2.45) is 0 Å². The molecule has 2 aromatic rings. The van der Waals surface area contributed by atoms with Crippen molar-refractivity contribution in [3.8, 4) is 0 Å². The standard InChI is InChI=1S/C18H19ClN2O5S/c1-12-2-3-13(18(22)23)10-17(12)27(24,25)20-15-11-14(19)4-5-16(15)21-6-8-26-9-7-21/h2-5,10-11,20H,6-9H2,1H3,(H,22,23)/p-1. The van der Waals surface area contributed by atoms with E-state index in [4.69, 9.17) is 16.3 Å². The lowest BCUT2D eigenvalue weighted by Gasteiger charge is -2.30. The van der Waals surface area contributed by atoms with Gasteiger partial charge in [0, 0.05) is 18.1 Å². The van der Waals surface area contributed by atoms with Crippen LogP contribution in [0, 0.1) is 6.92 Å². The first-order chi connectivity index (χ1) is 12.8. The number of carboxylic acid groups (broad SMARTS) is 1. The molecule has 0 spiro atoms. The van der Waals surface area contributed by atoms with E-state index < -0.39 is 16.0 Å². The first kappa shape index (κ1) is 19.5. The molecule has 0 bridgehead atoms. The lowest BCUT2D eigenvalue weighted by molar-refractivity contribution is -0.255. The number of halogens is 1. The number of ether oxygens (including phenoxy) is 1. The molecule has 3 rings (SSSR count). The molecule has 1 fully saturated rings. The maximum absolute atomic E-state index is 12.9. The molecule has 1 saturated heterocycles. The van der Waals surface area contributed by atoms with Crippen LogP contribution in [-0.2, 0) is 14.8 Å². The van der Waals surface area contributed by atoms with Gasteiger partial charge in [0.1, 0.15) is 0 Å². The summed E-state index contributed by atoms with van der Waals surface area (Å²) in [6.07, 6.45) is 0. The Balaban J connectivity index is 2.00. The first-order valence-electron chi connectivity index (χ1n) is 8.25. The van der Waals surface area contributed by atoms with Gasteiger partial charge >= 0.3 is 0 Å². The number of carboxylic acids is 1. The third kappa shape index (κ3) is 4.35. The fourth-order valence-corrected chi connectivity index (χ4v) is 4.40. The quantitative estimate of drug-likeness (QED) is 0.806. The number of carbonyl (C=O) groups is 1. The highest BCUT2D eigenvalue weighted by molar-refractivity contribution is 7.92. The van der Waals surface area contributed by atoms with Crippen LogP contribution < -0.4 is 14.7 Å². The van der Waals surface area contributed by atoms with E-state index in [0.717, 1.165) is 6.07 Å². The number of morpholine rings is 1. The molecule has 1 N–H and O–H groups in total. The van der Waals surface area contributed by atoms with E-state index >= 15 is 0 Å². The normalized spacial score (nSPS) is 14.8. The lowest BCUT2D eigenvalue weighted by Crippen LogP contribution is -2.36. The van der Waals surface area contributed by atoms with Crippen molar-refractivity contribution in [2.75, 3.05) is 35.9 Å². The molecule has 7 nitrogen and oxygen atoms in total. The van der Waals surface area contributed by atoms with E-state index in [9.17, 15) is 18.3 Å². The molecule has 0 unspecified atom stereocenters. The van der Waals surface area contributed by atoms with Crippen LogP contribution in [0.1, 0.15) is 15.9 Å². The summed E-state index contributed by atoms with van der Waals surface area (Å²) < 4.78 is 33.7. The number of hydrogen-bond acceptors (Lipinski definition) is 6. The summed E-state index contributed by atoms with van der Waals surface area (Å²) in [5.41, 5.74) is 1.21. The number of hydrogen-bond donors (Lipinski definition) is 1. The van der Waals surface area contributed by atoms with Gasteiger partial charge in [0.2, 0.25) is 0 Å². The first-order valence-corrected chi connectivity index (χ1v) is 10.1. The van der Waals surface area contributed by atoms with Crippen molar-refractivity contribution in [1.82, 2.24) is 0 Å². The van der Waals surface area contributed by atoms with Crippen molar-refractivity contribution in [3.05, 3.63) is 52.5 Å². The van der Waals surface area contributed by atoms with Crippen molar-refractivity contribution < 1.29 is 23.1 Å². The molecule has 1 aliphatic rings. The Morgan fingerprint density at radius 1 is 1.19 bits per heavy atom. The summed E-state index contributed by atoms with van der Waals surface area (Å²) in [7, 11) is -4.04. The van der Waals surface area contributed by atoms with E-state index in [0.29, 0.717) is 48.3 Å². The van der Waals surface area contributed by atoms with Crippen LogP contribution in [0.3, 0.4) is 0 Å². The van der Waals surface area contributed by atoms with Gasteiger partial charge in [0.25, 0.3) is 10.0 Å². The molecular weight excluding hydrogens is 392 g/mol. The van der Waals surface area contributed by atoms with Crippen LogP contribution in [-0.4, -0.2) is 40.7 Å². The highest BCUT2D eigenvalue weighted by Crippen LogP contribution is 2.32. The summed E-state index contributed by atoms with van der Waals surface area (Å²) in [5, 5.41) is 11.5. The summed E-state index contributed by atoms with van der Waals surface area (Å²) in [4.78, 5) is 13.0. The molecular formula is C18H18ClN2O5S-. The Labute approximate surface area is 162 Å². The van der Waals surface area contributed by atoms with Crippen LogP contribution in [0.25, 0.3) is 0 Å². The Hall–Kier alpha value is -2.29. The number of benzene rings is 2. The molecule has 0 saturated carbocycles. The van der Waals surface area contributed by atoms with Crippen LogP contribution in [0.15, 0.2) is 41.3 Å². The number of rotatable bonds is 5. The van der Waals surface area contributed by atoms with Crippen LogP contribution in [0.4, 0.5) is 11.4 Å². The minimum Gasteiger partial charge on any atom is -0.545 e. The molecule has 0 amide bonds. The summed E-state index contributed by atoms with van der Waals surface area (Å²) in [6, 6.07) is 8.79. The predicted molar refractivity (Wildman–Crippen MR) is 101 cm³/mol. The van der Waals surface area contributed by atoms with Gasteiger partial charge in [0.15, 0.2) is 0 Å². The number of sulfonamides is 1. The van der Waals surface area contributed by atoms with Crippen molar-refractivity contribution in [2.45, 2.75) is 11.8 Å². The molecule has 9 heteroatoms. The second-order valence-electron chi connectivity index (χ2n) is 6.13. The second kappa shape index (κ2) is 7.75. The molecule has 0 aromatic heterocycles. The van der Waals surface area contributed by atoms with Gasteiger partial charge in [-0.15, -0.1) is 0 Å². The largest absolute Gasteiger partial charge is 0.545 e. The fraction of sp³-hybridized carbons (Fsp3) is 0.278. The zero-order valence-corrected chi connectivity index (χ0v) is 16.1. The van der Waals surface area contributed by atoms with Gasteiger partial charge in [-0.1, -0.05) is 23.7 Å². The van der Waals surface area contributed by atoms with Crippen molar-refractivity contribution in [1.29, 1.82) is 0 Å². The smallest absolute Gasteiger partial charge is 0.262 e. The van der Waals surface area contributed by atoms with Crippen molar-refractivity contribution >= 4 is 39.0 Å². The van der Waals surface area contributed by atoms with Crippen LogP contribution >= 0.6 is 11.6 Å². The molecule has 2 aromatic carbocycles. The average Bonchev–Trinajstić information content (AvgIpc) is 2.62. The third-order valence-corrected chi connectivity index (χ3v) is 6.01. The van der Waals surface area contributed by atoms with E-state index in [1.165, 1.54) is 18.2 Å². The van der Waals surface area contributed by atoms with E-state index in [1.54, 1.807) is 19.1 Å². The number of carbonyl (C=O) groups excluding carboxylic acids is 1. The monoisotopic (exact) mass is 409 g/mol. The fourth-order valence-electron chi connectivity index (χ4n) is 2.89. The highest BCUT2D eigenvalue weighted by Gasteiger charge is 2.22. The summed E-state index contributed by atoms with van der Waals surface area (Å²) in [5.74, 6) is -1.44. The minimum atomic E-state index is -4.04. The lowest BCUT2D eigenvalue weighted by atomic mass is 10.1. The molecule has 27 heavy (non-hydrogen) atoms. The molecule has 144 valence electrons. The van der Waals surface area contributed by atoms with Gasteiger partial charge in [0.05, 0.1) is 35.5 Å². The number of aryl methyl sites for hydroxylation is 1. The number of nitrogens with one attached hydrogen (secondary N) is 1. The molecule has 1 aliphatic heterocycles. The number of anilines is 2. The van der Waals surface area contributed by atoms with E-state index in [1.807, 2.05) is 4.90 Å². The Morgan fingerprint density at radius 2 is 1.89 bits per heavy atom. The van der Waals surface area contributed by atoms with Gasteiger partial charge in [-0.05, 0) is 42.3 Å². The zero-order chi connectivity index (χ0) is 19.6. The van der Waals surface area contributed by atoms with Crippen LogP contribution in [0.5, 0.6) is 0 Å². The second-order valence-corrected chi connectivity index (χ2v) is 8.22. The Morgan fingerprint density at radius 3 is 2.56 bits per heavy atom. The maximum Gasteiger partial charge on any atom is 0.262 e. The average molecular weight is 410 g/mol. The molecule has 0 aliphatic carbocycles. The molecule has 0 radical (unpaired) electrons. The number of aromatic carboxylic acids is 1. The Bertz CT molecular complexity index is 972. The van der Waals surface area contributed by atoms with Gasteiger partial charge in [-0.25, -0.2) is 8.42 Å². The van der Waals surface area contributed by atoms with Gasteiger partial charge in [-0.2, -0.15) is 0 Å². The third-order valence-electron chi connectivity index (χ3n) is 4.27. The van der Waals surface area contributed by atoms with Crippen molar-refractivity contribution in [3.63, 3.8) is 0 Å². The summed E-state index contributed by atoms with van der Waals surface area (Å²) in [6.45, 7) is 3.92.